The van der Waals surface area contributed by atoms with E-state index in [1.54, 1.807) is 48.5 Å². The molecule has 1 heteroatoms. The van der Waals surface area contributed by atoms with Gasteiger partial charge in [0.25, 0.3) is 0 Å². The third kappa shape index (κ3) is 3.44. The molecule has 1 aromatic heterocycles. The fraction of sp³-hybridized carbons (Fsp3) is 0. The lowest BCUT2D eigenvalue weighted by Crippen LogP contribution is -1.93. The van der Waals surface area contributed by atoms with Gasteiger partial charge in [0, 0.05) is 16.3 Å². The molecule has 45 heavy (non-hydrogen) atoms. The Morgan fingerprint density at radius 2 is 1.00 bits per heavy atom. The third-order valence-corrected chi connectivity index (χ3v) is 8.39. The first-order chi connectivity index (χ1) is 29.4. The molecule has 0 spiro atoms. The zero-order chi connectivity index (χ0) is 44.3. The fourth-order valence-electron chi connectivity index (χ4n) is 6.56. The summed E-state index contributed by atoms with van der Waals surface area (Å²) in [4.78, 5) is 0. The van der Waals surface area contributed by atoms with Gasteiger partial charge in [0.2, 0.25) is 0 Å². The lowest BCUT2D eigenvalue weighted by atomic mass is 9.82. The Labute approximate surface area is 283 Å². The first kappa shape index (κ1) is 13.4. The molecule has 208 valence electrons. The van der Waals surface area contributed by atoms with Gasteiger partial charge in [-0.3, -0.25) is 0 Å². The van der Waals surface area contributed by atoms with Crippen LogP contribution in [0.5, 0.6) is 0 Å². The summed E-state index contributed by atoms with van der Waals surface area (Å²) in [6, 6.07) is 3.88. The Bertz CT molecular complexity index is 3700. The zero-order valence-electron chi connectivity index (χ0n) is 40.1. The van der Waals surface area contributed by atoms with E-state index in [9.17, 15) is 8.22 Å². The summed E-state index contributed by atoms with van der Waals surface area (Å²) in [5.41, 5.74) is 0.225. The topological polar surface area (TPSA) is 13.1 Å². The first-order valence-corrected chi connectivity index (χ1v) is 14.1. The second kappa shape index (κ2) is 9.29. The normalized spacial score (nSPS) is 17.3. The Balaban J connectivity index is 1.61. The maximum atomic E-state index is 9.61. The highest BCUT2D eigenvalue weighted by atomic mass is 16.3. The first-order valence-electron chi connectivity index (χ1n) is 22.6. The second-order valence-electron chi connectivity index (χ2n) is 10.7. The Hall–Kier alpha value is -5.92. The van der Waals surface area contributed by atoms with Crippen molar-refractivity contribution in [3.63, 3.8) is 0 Å². The summed E-state index contributed by atoms with van der Waals surface area (Å²) >= 11 is 0. The van der Waals surface area contributed by atoms with Crippen LogP contribution >= 0.6 is 0 Å². The van der Waals surface area contributed by atoms with Gasteiger partial charge in [0.15, 0.2) is 0 Å². The molecule has 0 N–H and O–H groups in total. The van der Waals surface area contributed by atoms with Gasteiger partial charge in [0.1, 0.15) is 11.2 Å². The number of rotatable bonds is 2. The van der Waals surface area contributed by atoms with E-state index in [1.807, 2.05) is 6.07 Å². The molecule has 0 saturated heterocycles. The van der Waals surface area contributed by atoms with Crippen LogP contribution in [0.25, 0.3) is 98.1 Å². The molecule has 0 saturated carbocycles. The molecule has 10 rings (SSSR count). The molecule has 9 aromatic carbocycles. The van der Waals surface area contributed by atoms with E-state index >= 15 is 0 Å². The molecule has 0 amide bonds. The summed E-state index contributed by atoms with van der Waals surface area (Å²) in [7, 11) is 0. The van der Waals surface area contributed by atoms with Gasteiger partial charge in [-0.05, 0) is 82.7 Å². The Kier molecular flexibility index (Phi) is 2.76. The van der Waals surface area contributed by atoms with Crippen molar-refractivity contribution >= 4 is 75.8 Å². The lowest BCUT2D eigenvalue weighted by Gasteiger charge is -2.20. The van der Waals surface area contributed by atoms with Gasteiger partial charge >= 0.3 is 0 Å². The van der Waals surface area contributed by atoms with Crippen LogP contribution in [0.15, 0.2) is 162 Å². The molecule has 0 bridgehead atoms. The molecular formula is C44H26O. The highest BCUT2D eigenvalue weighted by Crippen LogP contribution is 2.50. The maximum absolute atomic E-state index is 9.61. The molecule has 1 heterocycles. The minimum atomic E-state index is -0.814. The van der Waals surface area contributed by atoms with Crippen molar-refractivity contribution in [1.82, 2.24) is 0 Å². The molecule has 0 atom stereocenters. The summed E-state index contributed by atoms with van der Waals surface area (Å²) in [5, 5.41) is -0.649. The molecule has 0 aliphatic heterocycles. The van der Waals surface area contributed by atoms with Crippen molar-refractivity contribution in [1.29, 1.82) is 0 Å². The number of hydrogen-bond donors (Lipinski definition) is 0. The van der Waals surface area contributed by atoms with Crippen molar-refractivity contribution < 1.29 is 27.7 Å². The van der Waals surface area contributed by atoms with Crippen LogP contribution in [0.3, 0.4) is 0 Å². The van der Waals surface area contributed by atoms with E-state index in [1.165, 1.54) is 0 Å². The number of para-hydroxylation sites is 1. The molecule has 0 aliphatic rings. The minimum absolute atomic E-state index is 0.0167. The van der Waals surface area contributed by atoms with E-state index in [0.717, 1.165) is 0 Å². The summed E-state index contributed by atoms with van der Waals surface area (Å²) in [6.45, 7) is 0. The van der Waals surface area contributed by atoms with Gasteiger partial charge in [-0.25, -0.2) is 0 Å². The van der Waals surface area contributed by atoms with Gasteiger partial charge in [-0.15, -0.1) is 0 Å². The van der Waals surface area contributed by atoms with E-state index in [-0.39, 0.29) is 27.1 Å². The lowest BCUT2D eigenvalue weighted by molar-refractivity contribution is 0.669. The van der Waals surface area contributed by atoms with Crippen LogP contribution in [0.4, 0.5) is 0 Å². The number of fused-ring (bicyclic) bond motifs is 9. The van der Waals surface area contributed by atoms with E-state index in [0.29, 0.717) is 38.3 Å². The number of benzene rings is 9. The Morgan fingerprint density at radius 3 is 1.78 bits per heavy atom. The molecule has 0 unspecified atom stereocenters. The summed E-state index contributed by atoms with van der Waals surface area (Å²) in [6.07, 6.45) is 0. The quantitative estimate of drug-likeness (QED) is 0.145. The van der Waals surface area contributed by atoms with E-state index < -0.39 is 135 Å². The van der Waals surface area contributed by atoms with Crippen LogP contribution in [-0.4, -0.2) is 0 Å². The van der Waals surface area contributed by atoms with Crippen molar-refractivity contribution in [3.05, 3.63) is 157 Å². The summed E-state index contributed by atoms with van der Waals surface area (Å²) < 4.78 is 161. The van der Waals surface area contributed by atoms with Crippen molar-refractivity contribution in [2.75, 3.05) is 0 Å². The standard InChI is InChI=1S/C44H26O/c1-3-14-29-27(12-1)24-25-32-31(29)21-11-22-33(32)41-34-16-5-7-18-36(34)42(37-19-8-6-17-35(37)41)44-30-15-4-2-13-28(30)26-40-43(44)38-20-9-10-23-39(38)45-40/h1-26H/i1D,3D,5D,6D,7D,8D,11D,12D,14D,16D,17D,18D,19D,21D,22D,24D,25D. The van der Waals surface area contributed by atoms with E-state index in [2.05, 4.69) is 0 Å². The second-order valence-corrected chi connectivity index (χ2v) is 10.7. The van der Waals surface area contributed by atoms with Crippen LogP contribution in [0.2, 0.25) is 0 Å². The molecule has 0 aliphatic carbocycles. The third-order valence-electron chi connectivity index (χ3n) is 8.39. The SMILES string of the molecule is [2H]c1c([2H])c([2H])c2c(-c3c4ccccc4cc4oc5ccccc5c34)c3c([2H])c([2H])c([2H])c([2H])c3c(-c3c([2H])c([2H])c([2H])c4c3c([2H])c([2H])c3c([2H])c([2H])c([2H])c([2H])c34)c2c1[2H]. The zero-order valence-corrected chi connectivity index (χ0v) is 23.1. The smallest absolute Gasteiger partial charge is 0.136 e. The van der Waals surface area contributed by atoms with Crippen LogP contribution in [0.1, 0.15) is 23.3 Å². The predicted molar refractivity (Wildman–Crippen MR) is 192 cm³/mol. The fourth-order valence-corrected chi connectivity index (χ4v) is 6.56. The summed E-state index contributed by atoms with van der Waals surface area (Å²) in [5.74, 6) is 0. The average molecular weight is 588 g/mol. The minimum Gasteiger partial charge on any atom is -0.456 e. The van der Waals surface area contributed by atoms with Crippen molar-refractivity contribution in [3.8, 4) is 22.3 Å². The largest absolute Gasteiger partial charge is 0.456 e. The molecule has 10 aromatic rings. The molecular weight excluding hydrogens is 544 g/mol. The van der Waals surface area contributed by atoms with E-state index in [4.69, 9.17) is 19.5 Å². The van der Waals surface area contributed by atoms with Gasteiger partial charge in [0.05, 0.1) is 23.3 Å². The average Bonchev–Trinajstić information content (AvgIpc) is 3.64. The predicted octanol–water partition coefficient (Wildman–Crippen LogP) is 12.7. The van der Waals surface area contributed by atoms with Crippen LogP contribution in [-0.2, 0) is 0 Å². The highest BCUT2D eigenvalue weighted by Gasteiger charge is 2.23. The monoisotopic (exact) mass is 587 g/mol. The molecule has 1 nitrogen and oxygen atoms in total. The van der Waals surface area contributed by atoms with Crippen LogP contribution in [0, 0.1) is 0 Å². The van der Waals surface area contributed by atoms with Crippen LogP contribution < -0.4 is 0 Å². The van der Waals surface area contributed by atoms with Gasteiger partial charge in [-0.2, -0.15) is 0 Å². The van der Waals surface area contributed by atoms with Gasteiger partial charge in [-0.1, -0.05) is 145 Å². The maximum Gasteiger partial charge on any atom is 0.136 e. The molecule has 0 radical (unpaired) electrons. The van der Waals surface area contributed by atoms with Crippen molar-refractivity contribution in [2.45, 2.75) is 0 Å². The number of furan rings is 1. The van der Waals surface area contributed by atoms with Gasteiger partial charge < -0.3 is 4.42 Å². The Morgan fingerprint density at radius 1 is 0.378 bits per heavy atom. The molecule has 0 fully saturated rings. The van der Waals surface area contributed by atoms with Crippen molar-refractivity contribution in [2.24, 2.45) is 0 Å². The highest BCUT2D eigenvalue weighted by molar-refractivity contribution is 6.31. The number of hydrogen-bond acceptors (Lipinski definition) is 1.